The number of rotatable bonds is 6. The van der Waals surface area contributed by atoms with Crippen molar-refractivity contribution in [2.75, 3.05) is 7.11 Å². The molecule has 0 aliphatic heterocycles. The Kier molecular flexibility index (Phi) is 5.21. The summed E-state index contributed by atoms with van der Waals surface area (Å²) in [7, 11) is -2.70. The van der Waals surface area contributed by atoms with Crippen LogP contribution in [0, 0.1) is 0 Å². The number of H-pyrrole nitrogens is 1. The molecule has 0 radical (unpaired) electrons. The van der Waals surface area contributed by atoms with E-state index in [2.05, 4.69) is 4.98 Å². The van der Waals surface area contributed by atoms with E-state index in [1.165, 1.54) is 26.2 Å². The van der Waals surface area contributed by atoms with Crippen molar-refractivity contribution in [2.45, 2.75) is 17.9 Å². The number of ether oxygens (including phenoxy) is 2. The van der Waals surface area contributed by atoms with Gasteiger partial charge in [0.25, 0.3) is 0 Å². The number of hydrogen-bond donors (Lipinski definition) is 2. The van der Waals surface area contributed by atoms with Gasteiger partial charge in [-0.1, -0.05) is 18.2 Å². The minimum atomic E-state index is -4.02. The first-order valence-electron chi connectivity index (χ1n) is 8.24. The Balaban J connectivity index is 1.87. The molecule has 1 heterocycles. The Labute approximate surface area is 161 Å². The molecule has 0 bridgehead atoms. The van der Waals surface area contributed by atoms with Crippen LogP contribution in [0.4, 0.5) is 0 Å². The number of methoxy groups -OCH3 is 1. The first-order valence-corrected chi connectivity index (χ1v) is 9.79. The number of esters is 1. The van der Waals surface area contributed by atoms with E-state index in [0.29, 0.717) is 10.9 Å². The number of carbonyl (C=O) groups excluding carboxylic acids is 2. The number of primary sulfonamides is 1. The first-order chi connectivity index (χ1) is 13.2. The minimum absolute atomic E-state index is 0.101. The molecule has 3 rings (SSSR count). The van der Waals surface area contributed by atoms with E-state index in [-0.39, 0.29) is 16.2 Å². The monoisotopic (exact) mass is 402 g/mol. The average molecular weight is 402 g/mol. The van der Waals surface area contributed by atoms with Gasteiger partial charge >= 0.3 is 5.97 Å². The number of nitrogens with two attached hydrogens (primary N) is 1. The van der Waals surface area contributed by atoms with Crippen LogP contribution in [0.5, 0.6) is 5.75 Å². The quantitative estimate of drug-likeness (QED) is 0.481. The third kappa shape index (κ3) is 3.75. The van der Waals surface area contributed by atoms with Gasteiger partial charge in [0.05, 0.1) is 12.0 Å². The van der Waals surface area contributed by atoms with E-state index in [0.717, 1.165) is 11.6 Å². The van der Waals surface area contributed by atoms with E-state index >= 15 is 0 Å². The summed E-state index contributed by atoms with van der Waals surface area (Å²) >= 11 is 0. The molecule has 1 aromatic heterocycles. The second-order valence-electron chi connectivity index (χ2n) is 6.07. The lowest BCUT2D eigenvalue weighted by Gasteiger charge is -2.14. The largest absolute Gasteiger partial charge is 0.496 e. The molecule has 0 aliphatic carbocycles. The lowest BCUT2D eigenvalue weighted by molar-refractivity contribution is 0.0316. The Bertz CT molecular complexity index is 1170. The van der Waals surface area contributed by atoms with Gasteiger partial charge in [-0.15, -0.1) is 0 Å². The highest BCUT2D eigenvalue weighted by Gasteiger charge is 2.25. The number of Topliss-reactive ketones (excluding diaryl/α,β-unsaturated/α-hetero) is 1. The number of ketones is 1. The van der Waals surface area contributed by atoms with Gasteiger partial charge in [0.15, 0.2) is 6.10 Å². The third-order valence-electron chi connectivity index (χ3n) is 4.23. The van der Waals surface area contributed by atoms with Gasteiger partial charge in [-0.25, -0.2) is 18.4 Å². The summed E-state index contributed by atoms with van der Waals surface area (Å²) in [5, 5.41) is 5.82. The van der Waals surface area contributed by atoms with E-state index < -0.39 is 27.9 Å². The molecule has 3 aromatic rings. The van der Waals surface area contributed by atoms with Crippen molar-refractivity contribution in [3.05, 3.63) is 59.8 Å². The van der Waals surface area contributed by atoms with Crippen molar-refractivity contribution in [1.29, 1.82) is 0 Å². The summed E-state index contributed by atoms with van der Waals surface area (Å²) in [4.78, 5) is 28.0. The van der Waals surface area contributed by atoms with Gasteiger partial charge < -0.3 is 14.5 Å². The smallest absolute Gasteiger partial charge is 0.342 e. The first kappa shape index (κ1) is 19.6. The van der Waals surface area contributed by atoms with Crippen LogP contribution >= 0.6 is 0 Å². The number of para-hydroxylation sites is 1. The van der Waals surface area contributed by atoms with Gasteiger partial charge in [-0.3, -0.25) is 4.79 Å². The number of aromatic nitrogens is 1. The normalized spacial score (nSPS) is 12.5. The van der Waals surface area contributed by atoms with Crippen LogP contribution in [-0.4, -0.2) is 38.4 Å². The standard InChI is InChI=1S/C19H18N2O6S/c1-11(18(22)15-10-21-16-6-4-3-5-13(15)16)27-19(23)14-9-12(28(20,24)25)7-8-17(14)26-2/h3-11,21H,1-2H3,(H2,20,24,25)/t11-/m0/s1. The molecule has 9 heteroatoms. The summed E-state index contributed by atoms with van der Waals surface area (Å²) in [6.45, 7) is 1.44. The SMILES string of the molecule is COc1ccc(S(N)(=O)=O)cc1C(=O)O[C@@H](C)C(=O)c1c[nH]c2ccccc12. The molecule has 1 atom stereocenters. The molecule has 0 saturated carbocycles. The molecule has 3 N–H and O–H groups in total. The Morgan fingerprint density at radius 1 is 1.11 bits per heavy atom. The van der Waals surface area contributed by atoms with Crippen molar-refractivity contribution < 1.29 is 27.5 Å². The zero-order valence-corrected chi connectivity index (χ0v) is 15.9. The fraction of sp³-hybridized carbons (Fsp3) is 0.158. The summed E-state index contributed by atoms with van der Waals surface area (Å²) in [6.07, 6.45) is 0.453. The molecule has 0 fully saturated rings. The van der Waals surface area contributed by atoms with Crippen molar-refractivity contribution in [1.82, 2.24) is 4.98 Å². The second-order valence-corrected chi connectivity index (χ2v) is 7.63. The van der Waals surface area contributed by atoms with Crippen LogP contribution < -0.4 is 9.88 Å². The second kappa shape index (κ2) is 7.45. The number of nitrogens with one attached hydrogen (secondary N) is 1. The molecule has 2 aromatic carbocycles. The highest BCUT2D eigenvalue weighted by atomic mass is 32.2. The zero-order valence-electron chi connectivity index (χ0n) is 15.1. The van der Waals surface area contributed by atoms with Crippen molar-refractivity contribution in [2.24, 2.45) is 5.14 Å². The molecular formula is C19H18N2O6S. The number of aromatic amines is 1. The van der Waals surface area contributed by atoms with E-state index in [1.807, 2.05) is 12.1 Å². The molecule has 146 valence electrons. The molecule has 0 saturated heterocycles. The summed E-state index contributed by atoms with van der Waals surface area (Å²) in [6, 6.07) is 10.8. The highest BCUT2D eigenvalue weighted by Crippen LogP contribution is 2.24. The number of fused-ring (bicyclic) bond motifs is 1. The van der Waals surface area contributed by atoms with Crippen LogP contribution in [-0.2, 0) is 14.8 Å². The van der Waals surface area contributed by atoms with Gasteiger partial charge in [-0.2, -0.15) is 0 Å². The van der Waals surface area contributed by atoms with Crippen LogP contribution in [0.25, 0.3) is 10.9 Å². The summed E-state index contributed by atoms with van der Waals surface area (Å²) in [5.41, 5.74) is 1.03. The Morgan fingerprint density at radius 2 is 1.82 bits per heavy atom. The van der Waals surface area contributed by atoms with Gasteiger partial charge in [-0.05, 0) is 31.2 Å². The molecule has 28 heavy (non-hydrogen) atoms. The number of benzene rings is 2. The number of carbonyl (C=O) groups is 2. The Morgan fingerprint density at radius 3 is 2.50 bits per heavy atom. The Hall–Kier alpha value is -3.17. The molecule has 8 nitrogen and oxygen atoms in total. The van der Waals surface area contributed by atoms with Crippen LogP contribution in [0.15, 0.2) is 53.6 Å². The van der Waals surface area contributed by atoms with Crippen molar-refractivity contribution in [3.8, 4) is 5.75 Å². The zero-order chi connectivity index (χ0) is 20.5. The maximum atomic E-state index is 12.7. The fourth-order valence-electron chi connectivity index (χ4n) is 2.80. The van der Waals surface area contributed by atoms with E-state index in [9.17, 15) is 18.0 Å². The lowest BCUT2D eigenvalue weighted by atomic mass is 10.1. The van der Waals surface area contributed by atoms with Gasteiger partial charge in [0.1, 0.15) is 11.3 Å². The van der Waals surface area contributed by atoms with E-state index in [4.69, 9.17) is 14.6 Å². The average Bonchev–Trinajstić information content (AvgIpc) is 3.10. The van der Waals surface area contributed by atoms with Gasteiger partial charge in [0, 0.05) is 22.7 Å². The van der Waals surface area contributed by atoms with Crippen LogP contribution in [0.2, 0.25) is 0 Å². The summed E-state index contributed by atoms with van der Waals surface area (Å²) < 4.78 is 33.4. The lowest BCUT2D eigenvalue weighted by Crippen LogP contribution is -2.25. The molecule has 0 unspecified atom stereocenters. The maximum Gasteiger partial charge on any atom is 0.342 e. The summed E-state index contributed by atoms with van der Waals surface area (Å²) in [5.74, 6) is -1.19. The molecule has 0 amide bonds. The van der Waals surface area contributed by atoms with E-state index in [1.54, 1.807) is 18.3 Å². The van der Waals surface area contributed by atoms with Gasteiger partial charge in [0.2, 0.25) is 15.8 Å². The molecular weight excluding hydrogens is 384 g/mol. The van der Waals surface area contributed by atoms with Crippen LogP contribution in [0.1, 0.15) is 27.6 Å². The van der Waals surface area contributed by atoms with Crippen LogP contribution in [0.3, 0.4) is 0 Å². The number of hydrogen-bond acceptors (Lipinski definition) is 6. The van der Waals surface area contributed by atoms with Crippen molar-refractivity contribution >= 4 is 32.7 Å². The maximum absolute atomic E-state index is 12.7. The highest BCUT2D eigenvalue weighted by molar-refractivity contribution is 7.89. The topological polar surface area (TPSA) is 129 Å². The third-order valence-corrected chi connectivity index (χ3v) is 5.14. The predicted octanol–water partition coefficient (Wildman–Crippen LogP) is 2.25. The molecule has 0 spiro atoms. The van der Waals surface area contributed by atoms with Crippen molar-refractivity contribution in [3.63, 3.8) is 0 Å². The molecule has 0 aliphatic rings. The minimum Gasteiger partial charge on any atom is -0.496 e. The predicted molar refractivity (Wildman–Crippen MR) is 102 cm³/mol. The number of sulfonamides is 1. The fourth-order valence-corrected chi connectivity index (χ4v) is 3.34.